The Balaban J connectivity index is 1.80. The van der Waals surface area contributed by atoms with Gasteiger partial charge in [-0.15, -0.1) is 0 Å². The summed E-state index contributed by atoms with van der Waals surface area (Å²) >= 11 is 5.91. The van der Waals surface area contributed by atoms with E-state index >= 15 is 0 Å². The van der Waals surface area contributed by atoms with Crippen molar-refractivity contribution in [2.24, 2.45) is 0 Å². The monoisotopic (exact) mass is 385 g/mol. The summed E-state index contributed by atoms with van der Waals surface area (Å²) in [6.45, 7) is 0. The second kappa shape index (κ2) is 7.32. The van der Waals surface area contributed by atoms with Gasteiger partial charge < -0.3 is 5.32 Å². The summed E-state index contributed by atoms with van der Waals surface area (Å²) in [7, 11) is -3.51. The van der Waals surface area contributed by atoms with E-state index in [1.807, 2.05) is 42.5 Å². The lowest BCUT2D eigenvalue weighted by Gasteiger charge is -2.09. The normalized spacial score (nSPS) is 11.2. The smallest absolute Gasteiger partial charge is 0.255 e. The van der Waals surface area contributed by atoms with Gasteiger partial charge in [0.05, 0.1) is 9.92 Å². The molecule has 3 rings (SSSR count). The average Bonchev–Trinajstić information content (AvgIpc) is 2.62. The first-order valence-corrected chi connectivity index (χ1v) is 10.1. The van der Waals surface area contributed by atoms with Gasteiger partial charge in [-0.2, -0.15) is 0 Å². The topological polar surface area (TPSA) is 63.2 Å². The average molecular weight is 386 g/mol. The zero-order valence-electron chi connectivity index (χ0n) is 13.9. The maximum atomic E-state index is 12.4. The quantitative estimate of drug-likeness (QED) is 0.710. The first-order chi connectivity index (χ1) is 12.3. The number of amides is 1. The molecule has 6 heteroatoms. The summed E-state index contributed by atoms with van der Waals surface area (Å²) in [6, 6.07) is 21.5. The van der Waals surface area contributed by atoms with Crippen molar-refractivity contribution in [3.8, 4) is 11.1 Å². The molecule has 26 heavy (non-hydrogen) atoms. The molecule has 0 atom stereocenters. The second-order valence-corrected chi connectivity index (χ2v) is 8.21. The fourth-order valence-corrected chi connectivity index (χ4v) is 3.81. The Morgan fingerprint density at radius 3 is 2.12 bits per heavy atom. The molecule has 0 radical (unpaired) electrons. The lowest BCUT2D eigenvalue weighted by Crippen LogP contribution is -2.12. The Bertz CT molecular complexity index is 1050. The first kappa shape index (κ1) is 18.2. The molecule has 0 heterocycles. The lowest BCUT2D eigenvalue weighted by molar-refractivity contribution is 0.102. The van der Waals surface area contributed by atoms with Crippen LogP contribution in [0.3, 0.4) is 0 Å². The van der Waals surface area contributed by atoms with Crippen LogP contribution >= 0.6 is 11.6 Å². The molecule has 0 saturated heterocycles. The van der Waals surface area contributed by atoms with Crippen LogP contribution in [0.25, 0.3) is 11.1 Å². The third-order valence-electron chi connectivity index (χ3n) is 3.84. The van der Waals surface area contributed by atoms with E-state index < -0.39 is 15.7 Å². The Labute approximate surface area is 157 Å². The molecule has 1 amide bonds. The van der Waals surface area contributed by atoms with E-state index in [4.69, 9.17) is 11.6 Å². The van der Waals surface area contributed by atoms with Gasteiger partial charge in [-0.25, -0.2) is 8.42 Å². The predicted molar refractivity (Wildman–Crippen MR) is 104 cm³/mol. The molecule has 0 aliphatic carbocycles. The predicted octanol–water partition coefficient (Wildman–Crippen LogP) is 4.66. The fraction of sp³-hybridized carbons (Fsp3) is 0.0500. The minimum atomic E-state index is -3.51. The van der Waals surface area contributed by atoms with E-state index in [-0.39, 0.29) is 15.5 Å². The van der Waals surface area contributed by atoms with E-state index in [2.05, 4.69) is 5.32 Å². The molecule has 0 aliphatic rings. The van der Waals surface area contributed by atoms with Crippen molar-refractivity contribution in [2.45, 2.75) is 4.90 Å². The number of anilines is 1. The van der Waals surface area contributed by atoms with Gasteiger partial charge >= 0.3 is 0 Å². The van der Waals surface area contributed by atoms with E-state index in [1.54, 1.807) is 12.1 Å². The zero-order valence-corrected chi connectivity index (χ0v) is 15.5. The first-order valence-electron chi connectivity index (χ1n) is 7.81. The van der Waals surface area contributed by atoms with Crippen LogP contribution in [0.4, 0.5) is 5.69 Å². The number of halogens is 1. The summed E-state index contributed by atoms with van der Waals surface area (Å²) < 4.78 is 23.5. The minimum absolute atomic E-state index is 0.0637. The summed E-state index contributed by atoms with van der Waals surface area (Å²) in [6.07, 6.45) is 1.05. The number of carbonyl (C=O) groups excluding carboxylic acids is 1. The van der Waals surface area contributed by atoms with Crippen LogP contribution in [0.2, 0.25) is 5.02 Å². The van der Waals surface area contributed by atoms with Crippen molar-refractivity contribution in [1.82, 2.24) is 0 Å². The summed E-state index contributed by atoms with van der Waals surface area (Å²) in [5, 5.41) is 2.85. The highest BCUT2D eigenvalue weighted by molar-refractivity contribution is 7.90. The van der Waals surface area contributed by atoms with Gasteiger partial charge in [0, 0.05) is 17.5 Å². The highest BCUT2D eigenvalue weighted by Gasteiger charge is 2.16. The maximum Gasteiger partial charge on any atom is 0.255 e. The number of sulfone groups is 1. The van der Waals surface area contributed by atoms with Gasteiger partial charge in [0.15, 0.2) is 9.84 Å². The SMILES string of the molecule is CS(=O)(=O)c1cc(C(=O)Nc2ccc(-c3ccccc3)cc2)ccc1Cl. The van der Waals surface area contributed by atoms with Gasteiger partial charge in [0.25, 0.3) is 5.91 Å². The molecule has 0 saturated carbocycles. The molecule has 0 unspecified atom stereocenters. The highest BCUT2D eigenvalue weighted by Crippen LogP contribution is 2.24. The molecule has 1 N–H and O–H groups in total. The van der Waals surface area contributed by atoms with Crippen molar-refractivity contribution >= 4 is 33.0 Å². The Morgan fingerprint density at radius 2 is 1.50 bits per heavy atom. The summed E-state index contributed by atoms with van der Waals surface area (Å²) in [5.41, 5.74) is 2.96. The van der Waals surface area contributed by atoms with Crippen molar-refractivity contribution in [2.75, 3.05) is 11.6 Å². The van der Waals surface area contributed by atoms with Gasteiger partial charge in [0.2, 0.25) is 0 Å². The summed E-state index contributed by atoms with van der Waals surface area (Å²) in [5.74, 6) is -0.404. The van der Waals surface area contributed by atoms with E-state index in [0.29, 0.717) is 5.69 Å². The highest BCUT2D eigenvalue weighted by atomic mass is 35.5. The van der Waals surface area contributed by atoms with Crippen molar-refractivity contribution in [3.05, 3.63) is 83.4 Å². The molecule has 132 valence electrons. The van der Waals surface area contributed by atoms with Crippen LogP contribution < -0.4 is 5.32 Å². The van der Waals surface area contributed by atoms with E-state index in [9.17, 15) is 13.2 Å². The standard InChI is InChI=1S/C20H16ClNO3S/c1-26(24,25)19-13-16(9-12-18(19)21)20(23)22-17-10-7-15(8-11-17)14-5-3-2-4-6-14/h2-13H,1H3,(H,22,23). The molecular formula is C20H16ClNO3S. The minimum Gasteiger partial charge on any atom is -0.322 e. The number of rotatable bonds is 4. The van der Waals surface area contributed by atoms with Crippen molar-refractivity contribution in [1.29, 1.82) is 0 Å². The second-order valence-electron chi connectivity index (χ2n) is 5.81. The Morgan fingerprint density at radius 1 is 0.885 bits per heavy atom. The Hall–Kier alpha value is -2.63. The van der Waals surface area contributed by atoms with Crippen molar-refractivity contribution in [3.63, 3.8) is 0 Å². The van der Waals surface area contributed by atoms with E-state index in [0.717, 1.165) is 17.4 Å². The molecular weight excluding hydrogens is 370 g/mol. The van der Waals surface area contributed by atoms with Crippen LogP contribution in [-0.4, -0.2) is 20.6 Å². The maximum absolute atomic E-state index is 12.4. The van der Waals surface area contributed by atoms with Crippen LogP contribution in [-0.2, 0) is 9.84 Å². The molecule has 0 aromatic heterocycles. The molecule has 4 nitrogen and oxygen atoms in total. The number of hydrogen-bond acceptors (Lipinski definition) is 3. The van der Waals surface area contributed by atoms with Gasteiger partial charge in [0.1, 0.15) is 0 Å². The van der Waals surface area contributed by atoms with Crippen LogP contribution in [0.5, 0.6) is 0 Å². The number of benzene rings is 3. The third-order valence-corrected chi connectivity index (χ3v) is 5.42. The van der Waals surface area contributed by atoms with Gasteiger partial charge in [-0.3, -0.25) is 4.79 Å². The number of carbonyl (C=O) groups is 1. The van der Waals surface area contributed by atoms with E-state index in [1.165, 1.54) is 18.2 Å². The zero-order chi connectivity index (χ0) is 18.7. The van der Waals surface area contributed by atoms with Crippen LogP contribution in [0, 0.1) is 0 Å². The van der Waals surface area contributed by atoms with Crippen LogP contribution in [0.1, 0.15) is 10.4 Å². The number of nitrogens with one attached hydrogen (secondary N) is 1. The molecule has 0 spiro atoms. The molecule has 3 aromatic carbocycles. The Kier molecular flexibility index (Phi) is 5.11. The summed E-state index contributed by atoms with van der Waals surface area (Å²) in [4.78, 5) is 12.3. The molecule has 0 bridgehead atoms. The number of hydrogen-bond donors (Lipinski definition) is 1. The van der Waals surface area contributed by atoms with Gasteiger partial charge in [-0.1, -0.05) is 54.1 Å². The fourth-order valence-electron chi connectivity index (χ4n) is 2.51. The lowest BCUT2D eigenvalue weighted by atomic mass is 10.1. The molecule has 0 aliphatic heterocycles. The van der Waals surface area contributed by atoms with Crippen LogP contribution in [0.15, 0.2) is 77.7 Å². The van der Waals surface area contributed by atoms with Gasteiger partial charge in [-0.05, 0) is 41.5 Å². The largest absolute Gasteiger partial charge is 0.322 e. The molecule has 0 fully saturated rings. The third kappa shape index (κ3) is 4.12. The van der Waals surface area contributed by atoms with Crippen molar-refractivity contribution < 1.29 is 13.2 Å². The molecule has 3 aromatic rings.